The molecule has 0 amide bonds. The summed E-state index contributed by atoms with van der Waals surface area (Å²) in [5, 5.41) is 3.89. The van der Waals surface area contributed by atoms with Gasteiger partial charge in [-0.15, -0.1) is 0 Å². The fourth-order valence-corrected chi connectivity index (χ4v) is 2.92. The number of halogens is 2. The molecule has 158 valence electrons. The summed E-state index contributed by atoms with van der Waals surface area (Å²) in [7, 11) is 0. The Kier molecular flexibility index (Phi) is 6.05. The van der Waals surface area contributed by atoms with Crippen LogP contribution in [0.3, 0.4) is 0 Å². The van der Waals surface area contributed by atoms with E-state index in [1.165, 1.54) is 0 Å². The first-order valence-electron chi connectivity index (χ1n) is 9.35. The Labute approximate surface area is 170 Å². The lowest BCUT2D eigenvalue weighted by molar-refractivity contribution is 0.0322. The standard InChI is InChI=1S/C20H19F2N3O5/c21-14-1-6-18(17(22)13-14)29-19-23-25(20(26)30-19)15-2-4-16(5-3-15)28-12-9-24-7-10-27-11-8-24/h1-6,13H,7-12H2. The van der Waals surface area contributed by atoms with Gasteiger partial charge >= 0.3 is 11.8 Å². The minimum atomic E-state index is -0.939. The summed E-state index contributed by atoms with van der Waals surface area (Å²) in [6.45, 7) is 4.59. The molecule has 8 nitrogen and oxygen atoms in total. The summed E-state index contributed by atoms with van der Waals surface area (Å²) in [4.78, 5) is 14.3. The van der Waals surface area contributed by atoms with E-state index in [1.54, 1.807) is 24.3 Å². The predicted molar refractivity (Wildman–Crippen MR) is 101 cm³/mol. The lowest BCUT2D eigenvalue weighted by Crippen LogP contribution is -2.38. The van der Waals surface area contributed by atoms with Crippen molar-refractivity contribution in [3.8, 4) is 23.3 Å². The van der Waals surface area contributed by atoms with E-state index in [1.807, 2.05) is 0 Å². The minimum Gasteiger partial charge on any atom is -0.492 e. The fraction of sp³-hybridized carbons (Fsp3) is 0.300. The summed E-state index contributed by atoms with van der Waals surface area (Å²) in [5.41, 5.74) is 0.415. The van der Waals surface area contributed by atoms with E-state index in [4.69, 9.17) is 18.6 Å². The molecule has 2 aromatic carbocycles. The first-order chi connectivity index (χ1) is 14.6. The Bertz CT molecular complexity index is 1050. The molecule has 10 heteroatoms. The van der Waals surface area contributed by atoms with Crippen molar-refractivity contribution in [1.29, 1.82) is 0 Å². The highest BCUT2D eigenvalue weighted by atomic mass is 19.1. The van der Waals surface area contributed by atoms with E-state index in [-0.39, 0.29) is 5.75 Å². The minimum absolute atomic E-state index is 0.311. The SMILES string of the molecule is O=c1oc(Oc2ccc(F)cc2F)nn1-c1ccc(OCCN2CCOCC2)cc1. The monoisotopic (exact) mass is 419 g/mol. The molecule has 1 aromatic heterocycles. The molecule has 0 bridgehead atoms. The van der Waals surface area contributed by atoms with Gasteiger partial charge in [0.15, 0.2) is 11.6 Å². The smallest absolute Gasteiger partial charge is 0.444 e. The van der Waals surface area contributed by atoms with Crippen molar-refractivity contribution in [3.63, 3.8) is 0 Å². The quantitative estimate of drug-likeness (QED) is 0.583. The van der Waals surface area contributed by atoms with Crippen LogP contribution in [0.2, 0.25) is 0 Å². The molecule has 0 aliphatic carbocycles. The van der Waals surface area contributed by atoms with Crippen molar-refractivity contribution in [2.75, 3.05) is 39.5 Å². The third-order valence-electron chi connectivity index (χ3n) is 4.48. The molecule has 0 N–H and O–H groups in total. The van der Waals surface area contributed by atoms with Crippen molar-refractivity contribution < 1.29 is 27.4 Å². The Morgan fingerprint density at radius 2 is 1.83 bits per heavy atom. The van der Waals surface area contributed by atoms with Gasteiger partial charge in [0.05, 0.1) is 18.9 Å². The van der Waals surface area contributed by atoms with Gasteiger partial charge in [0.1, 0.15) is 18.2 Å². The van der Waals surface area contributed by atoms with E-state index in [2.05, 4.69) is 10.00 Å². The fourth-order valence-electron chi connectivity index (χ4n) is 2.92. The van der Waals surface area contributed by atoms with Gasteiger partial charge in [-0.05, 0) is 36.4 Å². The lowest BCUT2D eigenvalue weighted by atomic mass is 10.3. The Balaban J connectivity index is 1.38. The Morgan fingerprint density at radius 3 is 2.57 bits per heavy atom. The van der Waals surface area contributed by atoms with E-state index < -0.39 is 23.5 Å². The first kappa shape index (κ1) is 20.0. The molecular formula is C20H19F2N3O5. The van der Waals surface area contributed by atoms with Gasteiger partial charge < -0.3 is 18.6 Å². The molecule has 1 aliphatic heterocycles. The topological polar surface area (TPSA) is 79.0 Å². The van der Waals surface area contributed by atoms with Gasteiger partial charge in [-0.1, -0.05) is 5.10 Å². The van der Waals surface area contributed by atoms with E-state index in [0.717, 1.165) is 49.7 Å². The number of nitrogens with zero attached hydrogens (tertiary/aromatic N) is 3. The molecule has 0 saturated carbocycles. The van der Waals surface area contributed by atoms with Crippen molar-refractivity contribution in [1.82, 2.24) is 14.7 Å². The molecule has 0 spiro atoms. The lowest BCUT2D eigenvalue weighted by Gasteiger charge is -2.26. The van der Waals surface area contributed by atoms with Gasteiger partial charge in [0.25, 0.3) is 0 Å². The second-order valence-corrected chi connectivity index (χ2v) is 6.52. The number of hydrogen-bond acceptors (Lipinski definition) is 7. The molecule has 1 aliphatic rings. The molecule has 4 rings (SSSR count). The molecule has 2 heterocycles. The third-order valence-corrected chi connectivity index (χ3v) is 4.48. The van der Waals surface area contributed by atoms with Crippen LogP contribution < -0.4 is 15.2 Å². The molecule has 0 unspecified atom stereocenters. The summed E-state index contributed by atoms with van der Waals surface area (Å²) in [5.74, 6) is -2.17. The molecule has 1 fully saturated rings. The molecular weight excluding hydrogens is 400 g/mol. The largest absolute Gasteiger partial charge is 0.492 e. The van der Waals surface area contributed by atoms with Crippen LogP contribution in [0.25, 0.3) is 5.69 Å². The maximum atomic E-state index is 13.7. The molecule has 3 aromatic rings. The van der Waals surface area contributed by atoms with E-state index >= 15 is 0 Å². The average molecular weight is 419 g/mol. The second-order valence-electron chi connectivity index (χ2n) is 6.52. The van der Waals surface area contributed by atoms with E-state index in [0.29, 0.717) is 24.1 Å². The molecule has 1 saturated heterocycles. The zero-order valence-electron chi connectivity index (χ0n) is 15.9. The van der Waals surface area contributed by atoms with Gasteiger partial charge in [-0.25, -0.2) is 13.6 Å². The summed E-state index contributed by atoms with van der Waals surface area (Å²) in [6, 6.07) is 9.43. The highest BCUT2D eigenvalue weighted by Crippen LogP contribution is 2.23. The summed E-state index contributed by atoms with van der Waals surface area (Å²) >= 11 is 0. The van der Waals surface area contributed by atoms with Crippen LogP contribution in [0.1, 0.15) is 0 Å². The Hall–Kier alpha value is -3.24. The predicted octanol–water partition coefficient (Wildman–Crippen LogP) is 2.61. The zero-order valence-corrected chi connectivity index (χ0v) is 15.9. The number of benzene rings is 2. The Morgan fingerprint density at radius 1 is 1.07 bits per heavy atom. The summed E-state index contributed by atoms with van der Waals surface area (Å²) < 4.78 is 48.7. The molecule has 30 heavy (non-hydrogen) atoms. The number of hydrogen-bond donors (Lipinski definition) is 0. The van der Waals surface area contributed by atoms with Crippen LogP contribution in [0, 0.1) is 11.6 Å². The average Bonchev–Trinajstić information content (AvgIpc) is 3.11. The van der Waals surface area contributed by atoms with Gasteiger partial charge in [-0.2, -0.15) is 4.68 Å². The maximum Gasteiger partial charge on any atom is 0.444 e. The first-order valence-corrected chi connectivity index (χ1v) is 9.35. The highest BCUT2D eigenvalue weighted by molar-refractivity contribution is 5.36. The number of aromatic nitrogens is 2. The van der Waals surface area contributed by atoms with Crippen LogP contribution in [0.5, 0.6) is 17.6 Å². The van der Waals surface area contributed by atoms with Crippen LogP contribution in [0.15, 0.2) is 51.7 Å². The van der Waals surface area contributed by atoms with Crippen LogP contribution in [-0.4, -0.2) is 54.1 Å². The summed E-state index contributed by atoms with van der Waals surface area (Å²) in [6.07, 6.45) is -0.462. The van der Waals surface area contributed by atoms with Crippen molar-refractivity contribution in [2.24, 2.45) is 0 Å². The van der Waals surface area contributed by atoms with Crippen LogP contribution in [0.4, 0.5) is 8.78 Å². The maximum absolute atomic E-state index is 13.7. The number of morpholine rings is 1. The zero-order chi connectivity index (χ0) is 20.9. The second kappa shape index (κ2) is 9.06. The number of rotatable bonds is 7. The molecule has 0 radical (unpaired) electrons. The van der Waals surface area contributed by atoms with E-state index in [9.17, 15) is 13.6 Å². The van der Waals surface area contributed by atoms with Crippen molar-refractivity contribution >= 4 is 0 Å². The number of ether oxygens (including phenoxy) is 3. The highest BCUT2D eigenvalue weighted by Gasteiger charge is 2.15. The van der Waals surface area contributed by atoms with Crippen LogP contribution >= 0.6 is 0 Å². The van der Waals surface area contributed by atoms with Gasteiger partial charge in [0.2, 0.25) is 0 Å². The van der Waals surface area contributed by atoms with Crippen LogP contribution in [-0.2, 0) is 4.74 Å². The normalized spacial score (nSPS) is 14.6. The third kappa shape index (κ3) is 4.84. The van der Waals surface area contributed by atoms with Crippen molar-refractivity contribution in [3.05, 3.63) is 64.6 Å². The van der Waals surface area contributed by atoms with Crippen molar-refractivity contribution in [2.45, 2.75) is 0 Å². The van der Waals surface area contributed by atoms with Gasteiger partial charge in [0, 0.05) is 25.7 Å². The van der Waals surface area contributed by atoms with Gasteiger partial charge in [-0.3, -0.25) is 4.90 Å². The molecule has 0 atom stereocenters.